The van der Waals surface area contributed by atoms with Crippen LogP contribution >= 0.6 is 11.3 Å². The van der Waals surface area contributed by atoms with Crippen molar-refractivity contribution in [3.8, 4) is 0 Å². The average Bonchev–Trinajstić information content (AvgIpc) is 2.60. The van der Waals surface area contributed by atoms with E-state index in [-0.39, 0.29) is 0 Å². The molecule has 16 heavy (non-hydrogen) atoms. The van der Waals surface area contributed by atoms with Crippen LogP contribution in [0, 0.1) is 6.92 Å². The maximum atomic E-state index is 3.47. The first-order valence-corrected chi connectivity index (χ1v) is 6.75. The van der Waals surface area contributed by atoms with E-state index in [1.165, 1.54) is 21.2 Å². The molecule has 0 spiro atoms. The molecule has 2 heteroatoms. The van der Waals surface area contributed by atoms with Crippen molar-refractivity contribution >= 4 is 21.4 Å². The van der Waals surface area contributed by atoms with Gasteiger partial charge in [-0.15, -0.1) is 11.3 Å². The lowest BCUT2D eigenvalue weighted by molar-refractivity contribution is 0.591. The van der Waals surface area contributed by atoms with E-state index in [9.17, 15) is 0 Å². The van der Waals surface area contributed by atoms with E-state index in [0.717, 1.165) is 13.0 Å². The molecule has 0 saturated carbocycles. The number of hydrogen-bond donors (Lipinski definition) is 1. The first-order chi connectivity index (χ1) is 7.66. The fourth-order valence-corrected chi connectivity index (χ4v) is 2.86. The molecule has 0 fully saturated rings. The molecular formula is C14H19NS. The molecule has 1 aromatic carbocycles. The van der Waals surface area contributed by atoms with E-state index in [0.29, 0.717) is 6.04 Å². The van der Waals surface area contributed by atoms with Gasteiger partial charge < -0.3 is 5.32 Å². The van der Waals surface area contributed by atoms with E-state index < -0.39 is 0 Å². The molecule has 2 rings (SSSR count). The number of aryl methyl sites for hydroxylation is 1. The normalized spacial score (nSPS) is 11.5. The van der Waals surface area contributed by atoms with Crippen LogP contribution in [-0.4, -0.2) is 12.6 Å². The van der Waals surface area contributed by atoms with Crippen LogP contribution in [0.2, 0.25) is 0 Å². The van der Waals surface area contributed by atoms with Gasteiger partial charge in [0.2, 0.25) is 0 Å². The highest BCUT2D eigenvalue weighted by molar-refractivity contribution is 7.17. The summed E-state index contributed by atoms with van der Waals surface area (Å²) in [6, 6.07) is 7.30. The van der Waals surface area contributed by atoms with Gasteiger partial charge in [-0.1, -0.05) is 31.5 Å². The van der Waals surface area contributed by atoms with E-state index >= 15 is 0 Å². The predicted octanol–water partition coefficient (Wildman–Crippen LogP) is 3.75. The summed E-state index contributed by atoms with van der Waals surface area (Å²) in [4.78, 5) is 0. The van der Waals surface area contributed by atoms with Gasteiger partial charge in [0.15, 0.2) is 0 Å². The molecule has 0 radical (unpaired) electrons. The largest absolute Gasteiger partial charge is 0.314 e. The Balaban J connectivity index is 2.15. The molecule has 0 unspecified atom stereocenters. The van der Waals surface area contributed by atoms with E-state index in [1.807, 2.05) is 11.3 Å². The monoisotopic (exact) mass is 233 g/mol. The summed E-state index contributed by atoms with van der Waals surface area (Å²) in [6.45, 7) is 7.61. The van der Waals surface area contributed by atoms with Gasteiger partial charge >= 0.3 is 0 Å². The third kappa shape index (κ3) is 2.63. The Morgan fingerprint density at radius 1 is 1.31 bits per heavy atom. The average molecular weight is 233 g/mol. The first-order valence-electron chi connectivity index (χ1n) is 5.87. The van der Waals surface area contributed by atoms with Crippen LogP contribution in [0.15, 0.2) is 23.6 Å². The molecule has 0 saturated heterocycles. The van der Waals surface area contributed by atoms with E-state index in [2.05, 4.69) is 49.7 Å². The Hall–Kier alpha value is -0.860. The van der Waals surface area contributed by atoms with Gasteiger partial charge in [0.25, 0.3) is 0 Å². The molecule has 0 atom stereocenters. The second-order valence-corrected chi connectivity index (χ2v) is 5.53. The van der Waals surface area contributed by atoms with Crippen molar-refractivity contribution in [1.29, 1.82) is 0 Å². The van der Waals surface area contributed by atoms with Gasteiger partial charge in [-0.3, -0.25) is 0 Å². The van der Waals surface area contributed by atoms with Crippen molar-refractivity contribution in [2.24, 2.45) is 0 Å². The highest BCUT2D eigenvalue weighted by Gasteiger charge is 2.04. The highest BCUT2D eigenvalue weighted by atomic mass is 32.1. The Morgan fingerprint density at radius 2 is 2.12 bits per heavy atom. The summed E-state index contributed by atoms with van der Waals surface area (Å²) in [5.74, 6) is 0. The second kappa shape index (κ2) is 4.98. The fraction of sp³-hybridized carbons (Fsp3) is 0.429. The molecule has 1 nitrogen and oxygen atoms in total. The fourth-order valence-electron chi connectivity index (χ4n) is 1.88. The molecule has 86 valence electrons. The minimum Gasteiger partial charge on any atom is -0.314 e. The molecule has 0 aliphatic rings. The zero-order valence-corrected chi connectivity index (χ0v) is 11.0. The molecule has 0 bridgehead atoms. The summed E-state index contributed by atoms with van der Waals surface area (Å²) in [5, 5.41) is 7.21. The molecule has 0 aliphatic heterocycles. The summed E-state index contributed by atoms with van der Waals surface area (Å²) in [7, 11) is 0. The lowest BCUT2D eigenvalue weighted by Crippen LogP contribution is -2.24. The van der Waals surface area contributed by atoms with E-state index in [1.54, 1.807) is 0 Å². The topological polar surface area (TPSA) is 12.0 Å². The molecule has 2 aromatic rings. The maximum absolute atomic E-state index is 3.47. The highest BCUT2D eigenvalue weighted by Crippen LogP contribution is 2.27. The Bertz CT molecular complexity index is 471. The smallest absolute Gasteiger partial charge is 0.0345 e. The molecule has 1 aromatic heterocycles. The maximum Gasteiger partial charge on any atom is 0.0345 e. The predicted molar refractivity (Wildman–Crippen MR) is 73.4 cm³/mol. The molecule has 0 aliphatic carbocycles. The molecule has 1 heterocycles. The van der Waals surface area contributed by atoms with Crippen LogP contribution in [0.4, 0.5) is 0 Å². The van der Waals surface area contributed by atoms with Gasteiger partial charge in [0.1, 0.15) is 0 Å². The molecule has 0 amide bonds. The van der Waals surface area contributed by atoms with Crippen molar-refractivity contribution in [2.45, 2.75) is 33.2 Å². The van der Waals surface area contributed by atoms with Gasteiger partial charge in [0, 0.05) is 10.7 Å². The number of fused-ring (bicyclic) bond motifs is 1. The molecular weight excluding hydrogens is 214 g/mol. The van der Waals surface area contributed by atoms with E-state index in [4.69, 9.17) is 0 Å². The third-order valence-corrected chi connectivity index (χ3v) is 3.77. The number of thiophene rings is 1. The Labute approximate surface area is 101 Å². The van der Waals surface area contributed by atoms with Gasteiger partial charge in [-0.2, -0.15) is 0 Å². The lowest BCUT2D eigenvalue weighted by Gasteiger charge is -2.07. The lowest BCUT2D eigenvalue weighted by atomic mass is 10.1. The van der Waals surface area contributed by atoms with Crippen molar-refractivity contribution < 1.29 is 0 Å². The Kier molecular flexibility index (Phi) is 3.62. The van der Waals surface area contributed by atoms with Crippen molar-refractivity contribution in [2.75, 3.05) is 6.54 Å². The van der Waals surface area contributed by atoms with Crippen LogP contribution in [0.1, 0.15) is 25.0 Å². The second-order valence-electron chi connectivity index (χ2n) is 4.62. The third-order valence-electron chi connectivity index (χ3n) is 2.76. The summed E-state index contributed by atoms with van der Waals surface area (Å²) in [6.07, 6.45) is 1.13. The zero-order valence-electron chi connectivity index (χ0n) is 10.2. The first kappa shape index (κ1) is 11.6. The standard InChI is InChI=1S/C14H19NS/c1-10(2)15-7-6-12-9-16-14-5-4-11(3)8-13(12)14/h4-5,8-10,15H,6-7H2,1-3H3. The van der Waals surface area contributed by atoms with Crippen molar-refractivity contribution in [3.63, 3.8) is 0 Å². The van der Waals surface area contributed by atoms with Crippen LogP contribution < -0.4 is 5.32 Å². The van der Waals surface area contributed by atoms with Crippen molar-refractivity contribution in [3.05, 3.63) is 34.7 Å². The van der Waals surface area contributed by atoms with Crippen LogP contribution in [-0.2, 0) is 6.42 Å². The Morgan fingerprint density at radius 3 is 2.88 bits per heavy atom. The van der Waals surface area contributed by atoms with Gasteiger partial charge in [-0.05, 0) is 42.3 Å². The van der Waals surface area contributed by atoms with Crippen LogP contribution in [0.3, 0.4) is 0 Å². The van der Waals surface area contributed by atoms with Crippen LogP contribution in [0.5, 0.6) is 0 Å². The SMILES string of the molecule is Cc1ccc2scc(CCNC(C)C)c2c1. The summed E-state index contributed by atoms with van der Waals surface area (Å²) in [5.41, 5.74) is 2.83. The minimum atomic E-state index is 0.576. The number of hydrogen-bond acceptors (Lipinski definition) is 2. The van der Waals surface area contributed by atoms with Crippen LogP contribution in [0.25, 0.3) is 10.1 Å². The number of nitrogens with one attached hydrogen (secondary N) is 1. The van der Waals surface area contributed by atoms with Gasteiger partial charge in [0.05, 0.1) is 0 Å². The van der Waals surface area contributed by atoms with Crippen molar-refractivity contribution in [1.82, 2.24) is 5.32 Å². The summed E-state index contributed by atoms with van der Waals surface area (Å²) >= 11 is 1.85. The van der Waals surface area contributed by atoms with Gasteiger partial charge in [-0.25, -0.2) is 0 Å². The quantitative estimate of drug-likeness (QED) is 0.848. The number of rotatable bonds is 4. The number of benzene rings is 1. The summed E-state index contributed by atoms with van der Waals surface area (Å²) < 4.78 is 1.41. The minimum absolute atomic E-state index is 0.576. The molecule has 1 N–H and O–H groups in total. The zero-order chi connectivity index (χ0) is 11.5.